The van der Waals surface area contributed by atoms with Crippen molar-refractivity contribution in [3.05, 3.63) is 53.0 Å². The van der Waals surface area contributed by atoms with E-state index in [0.29, 0.717) is 12.2 Å². The number of benzene rings is 1. The SMILES string of the molecule is CCc1cc2c(cc3n2CC(C(=O)NC2CCC(C)CC2)N(c2ccccc2)C3=O)s1. The van der Waals surface area contributed by atoms with Gasteiger partial charge >= 0.3 is 0 Å². The smallest absolute Gasteiger partial charge is 0.275 e. The average Bonchev–Trinajstić information content (AvgIpc) is 3.34. The highest BCUT2D eigenvalue weighted by Gasteiger charge is 2.39. The van der Waals surface area contributed by atoms with Crippen molar-refractivity contribution >= 4 is 39.1 Å². The lowest BCUT2D eigenvalue weighted by atomic mass is 9.87. The number of anilines is 1. The van der Waals surface area contributed by atoms with Crippen LogP contribution in [0.5, 0.6) is 0 Å². The Bertz CT molecular complexity index is 1110. The maximum Gasteiger partial charge on any atom is 0.275 e. The minimum Gasteiger partial charge on any atom is -0.352 e. The van der Waals surface area contributed by atoms with Crippen molar-refractivity contribution in [1.29, 1.82) is 0 Å². The molecule has 0 bridgehead atoms. The van der Waals surface area contributed by atoms with Gasteiger partial charge in [-0.3, -0.25) is 14.5 Å². The van der Waals surface area contributed by atoms with Crippen molar-refractivity contribution < 1.29 is 9.59 Å². The minimum atomic E-state index is -0.553. The molecule has 1 aliphatic heterocycles. The van der Waals surface area contributed by atoms with Crippen molar-refractivity contribution in [2.45, 2.75) is 64.6 Å². The molecule has 162 valence electrons. The van der Waals surface area contributed by atoms with Gasteiger partial charge in [-0.2, -0.15) is 0 Å². The Balaban J connectivity index is 1.51. The van der Waals surface area contributed by atoms with Crippen LogP contribution < -0.4 is 10.2 Å². The van der Waals surface area contributed by atoms with Gasteiger partial charge in [0.1, 0.15) is 11.7 Å². The molecule has 1 saturated carbocycles. The zero-order chi connectivity index (χ0) is 21.5. The van der Waals surface area contributed by atoms with Crippen molar-refractivity contribution in [3.63, 3.8) is 0 Å². The van der Waals surface area contributed by atoms with E-state index in [-0.39, 0.29) is 17.9 Å². The third-order valence-electron chi connectivity index (χ3n) is 6.79. The maximum atomic E-state index is 13.6. The van der Waals surface area contributed by atoms with E-state index in [1.54, 1.807) is 16.2 Å². The number of carbonyl (C=O) groups excluding carboxylic acids is 2. The molecule has 3 aromatic rings. The predicted molar refractivity (Wildman–Crippen MR) is 126 cm³/mol. The Morgan fingerprint density at radius 3 is 2.58 bits per heavy atom. The van der Waals surface area contributed by atoms with Crippen LogP contribution in [0.15, 0.2) is 42.5 Å². The number of fused-ring (bicyclic) bond motifs is 3. The van der Waals surface area contributed by atoms with Crippen LogP contribution in [0.2, 0.25) is 0 Å². The number of amides is 2. The quantitative estimate of drug-likeness (QED) is 0.628. The van der Waals surface area contributed by atoms with E-state index >= 15 is 0 Å². The summed E-state index contributed by atoms with van der Waals surface area (Å²) in [7, 11) is 0. The second-order valence-corrected chi connectivity index (χ2v) is 10.1. The molecule has 0 saturated heterocycles. The molecule has 1 N–H and O–H groups in total. The van der Waals surface area contributed by atoms with Crippen molar-refractivity contribution in [2.75, 3.05) is 4.90 Å². The van der Waals surface area contributed by atoms with Gasteiger partial charge in [0.25, 0.3) is 5.91 Å². The van der Waals surface area contributed by atoms with Gasteiger partial charge in [0.15, 0.2) is 0 Å². The Kier molecular flexibility index (Phi) is 5.34. The van der Waals surface area contributed by atoms with Gasteiger partial charge in [-0.1, -0.05) is 32.0 Å². The van der Waals surface area contributed by atoms with Crippen LogP contribution in [0.3, 0.4) is 0 Å². The van der Waals surface area contributed by atoms with E-state index in [1.165, 1.54) is 4.88 Å². The molecule has 31 heavy (non-hydrogen) atoms. The summed E-state index contributed by atoms with van der Waals surface area (Å²) in [5.74, 6) is 0.582. The first-order valence-electron chi connectivity index (χ1n) is 11.4. The zero-order valence-electron chi connectivity index (χ0n) is 18.1. The molecule has 0 radical (unpaired) electrons. The molecule has 5 rings (SSSR count). The number of aromatic nitrogens is 1. The standard InChI is InChI=1S/C25H29N3O2S/c1-3-19-13-20-23(31-19)14-21-25(30)28(18-7-5-4-6-8-18)22(15-27(20)21)24(29)26-17-11-9-16(2)10-12-17/h4-8,13-14,16-17,22H,3,9-12,15H2,1-2H3,(H,26,29). The third-order valence-corrected chi connectivity index (χ3v) is 8.01. The lowest BCUT2D eigenvalue weighted by molar-refractivity contribution is -0.123. The fourth-order valence-electron chi connectivity index (χ4n) is 4.95. The third kappa shape index (κ3) is 3.67. The Morgan fingerprint density at radius 2 is 1.87 bits per heavy atom. The molecule has 1 unspecified atom stereocenters. The number of hydrogen-bond donors (Lipinski definition) is 1. The number of para-hydroxylation sites is 1. The van der Waals surface area contributed by atoms with Gasteiger partial charge in [0, 0.05) is 16.6 Å². The summed E-state index contributed by atoms with van der Waals surface area (Å²) in [6.45, 7) is 4.90. The Labute approximate surface area is 187 Å². The molecule has 1 fully saturated rings. The second kappa shape index (κ2) is 8.15. The highest BCUT2D eigenvalue weighted by Crippen LogP contribution is 2.35. The first kappa shape index (κ1) is 20.3. The molecule has 1 aliphatic carbocycles. The summed E-state index contributed by atoms with van der Waals surface area (Å²) in [6.07, 6.45) is 5.30. The second-order valence-electron chi connectivity index (χ2n) is 8.95. The molecule has 0 spiro atoms. The highest BCUT2D eigenvalue weighted by atomic mass is 32.1. The topological polar surface area (TPSA) is 54.3 Å². The lowest BCUT2D eigenvalue weighted by Gasteiger charge is -2.37. The zero-order valence-corrected chi connectivity index (χ0v) is 19.0. The molecule has 2 aromatic heterocycles. The number of nitrogens with one attached hydrogen (secondary N) is 1. The van der Waals surface area contributed by atoms with Crippen molar-refractivity contribution in [2.24, 2.45) is 5.92 Å². The summed E-state index contributed by atoms with van der Waals surface area (Å²) in [4.78, 5) is 30.1. The molecule has 1 atom stereocenters. The first-order chi connectivity index (χ1) is 15.0. The van der Waals surface area contributed by atoms with Crippen LogP contribution in [0, 0.1) is 5.92 Å². The lowest BCUT2D eigenvalue weighted by Crippen LogP contribution is -2.57. The summed E-state index contributed by atoms with van der Waals surface area (Å²) < 4.78 is 3.18. The fourth-order valence-corrected chi connectivity index (χ4v) is 5.99. The van der Waals surface area contributed by atoms with Gasteiger partial charge in [-0.15, -0.1) is 11.3 Å². The number of rotatable bonds is 4. The number of hydrogen-bond acceptors (Lipinski definition) is 3. The van der Waals surface area contributed by atoms with Gasteiger partial charge in [0.05, 0.1) is 16.8 Å². The van der Waals surface area contributed by atoms with Gasteiger partial charge in [0.2, 0.25) is 5.91 Å². The summed E-state index contributed by atoms with van der Waals surface area (Å²) in [5, 5.41) is 3.27. The van der Waals surface area contributed by atoms with E-state index in [0.717, 1.165) is 53.9 Å². The van der Waals surface area contributed by atoms with Gasteiger partial charge in [-0.25, -0.2) is 0 Å². The average molecular weight is 436 g/mol. The first-order valence-corrected chi connectivity index (χ1v) is 12.2. The molecule has 2 aliphatic rings. The molecular formula is C25H29N3O2S. The van der Waals surface area contributed by atoms with Crippen molar-refractivity contribution in [1.82, 2.24) is 9.88 Å². The monoisotopic (exact) mass is 435 g/mol. The van der Waals surface area contributed by atoms with Gasteiger partial charge < -0.3 is 9.88 Å². The maximum absolute atomic E-state index is 13.6. The van der Waals surface area contributed by atoms with Crippen LogP contribution in [0.25, 0.3) is 10.2 Å². The summed E-state index contributed by atoms with van der Waals surface area (Å²) in [6, 6.07) is 13.4. The van der Waals surface area contributed by atoms with Gasteiger partial charge in [-0.05, 0) is 62.3 Å². The highest BCUT2D eigenvalue weighted by molar-refractivity contribution is 7.19. The van der Waals surface area contributed by atoms with E-state index < -0.39 is 6.04 Å². The number of nitrogens with zero attached hydrogens (tertiary/aromatic N) is 2. The van der Waals surface area contributed by atoms with Crippen LogP contribution in [0.4, 0.5) is 5.69 Å². The fraction of sp³-hybridized carbons (Fsp3) is 0.440. The summed E-state index contributed by atoms with van der Waals surface area (Å²) >= 11 is 1.74. The Morgan fingerprint density at radius 1 is 1.13 bits per heavy atom. The molecule has 6 heteroatoms. The van der Waals surface area contributed by atoms with Crippen molar-refractivity contribution in [3.8, 4) is 0 Å². The molecule has 5 nitrogen and oxygen atoms in total. The number of carbonyl (C=O) groups is 2. The number of aryl methyl sites for hydroxylation is 1. The minimum absolute atomic E-state index is 0.0461. The van der Waals surface area contributed by atoms with Crippen LogP contribution in [0.1, 0.15) is 54.9 Å². The predicted octanol–water partition coefficient (Wildman–Crippen LogP) is 4.99. The van der Waals surface area contributed by atoms with E-state index in [9.17, 15) is 9.59 Å². The molecule has 1 aromatic carbocycles. The molecular weight excluding hydrogens is 406 g/mol. The van der Waals surface area contributed by atoms with Crippen LogP contribution >= 0.6 is 11.3 Å². The largest absolute Gasteiger partial charge is 0.352 e. The number of thiophene rings is 1. The van der Waals surface area contributed by atoms with E-state index in [1.807, 2.05) is 36.4 Å². The molecule has 2 amide bonds. The van der Waals surface area contributed by atoms with E-state index in [2.05, 4.69) is 29.8 Å². The Hall–Kier alpha value is -2.60. The van der Waals surface area contributed by atoms with Crippen LogP contribution in [-0.2, 0) is 17.8 Å². The normalized spacial score (nSPS) is 23.7. The van der Waals surface area contributed by atoms with E-state index in [4.69, 9.17) is 0 Å². The molecule has 3 heterocycles. The summed E-state index contributed by atoms with van der Waals surface area (Å²) in [5.41, 5.74) is 2.51. The van der Waals surface area contributed by atoms with Crippen LogP contribution in [-0.4, -0.2) is 28.5 Å².